The molecule has 1 aromatic carbocycles. The number of nitrogens with zero attached hydrogens (tertiary/aromatic N) is 1. The Morgan fingerprint density at radius 1 is 1.39 bits per heavy atom. The fraction of sp³-hybridized carbons (Fsp3) is 0.467. The third-order valence-corrected chi connectivity index (χ3v) is 4.39. The van der Waals surface area contributed by atoms with Crippen LogP contribution in [0.2, 0.25) is 5.02 Å². The number of hydrogen-bond acceptors (Lipinski definition) is 1. The van der Waals surface area contributed by atoms with Gasteiger partial charge < -0.3 is 9.88 Å². The van der Waals surface area contributed by atoms with Gasteiger partial charge >= 0.3 is 0 Å². The summed E-state index contributed by atoms with van der Waals surface area (Å²) in [5.41, 5.74) is 4.14. The minimum Gasteiger partial charge on any atom is -0.347 e. The highest BCUT2D eigenvalue weighted by atomic mass is 35.5. The number of fused-ring (bicyclic) bond motifs is 1. The van der Waals surface area contributed by atoms with E-state index in [4.69, 9.17) is 11.6 Å². The highest BCUT2D eigenvalue weighted by Crippen LogP contribution is 2.33. The van der Waals surface area contributed by atoms with Crippen molar-refractivity contribution in [3.63, 3.8) is 0 Å². The summed E-state index contributed by atoms with van der Waals surface area (Å²) < 4.78 is 2.33. The van der Waals surface area contributed by atoms with Crippen molar-refractivity contribution in [3.05, 3.63) is 34.5 Å². The van der Waals surface area contributed by atoms with Gasteiger partial charge in [-0.2, -0.15) is 0 Å². The molecule has 2 nitrogen and oxygen atoms in total. The Kier molecular flexibility index (Phi) is 3.08. The maximum Gasteiger partial charge on any atom is 0.0497 e. The SMILES string of the molecule is Cc1c(C2CCCNC2)n(C)c2cc(Cl)ccc12. The van der Waals surface area contributed by atoms with Crippen LogP contribution >= 0.6 is 11.6 Å². The number of halogens is 1. The van der Waals surface area contributed by atoms with Crippen LogP contribution in [0.4, 0.5) is 0 Å². The van der Waals surface area contributed by atoms with Gasteiger partial charge in [0.25, 0.3) is 0 Å². The van der Waals surface area contributed by atoms with Gasteiger partial charge in [-0.1, -0.05) is 17.7 Å². The van der Waals surface area contributed by atoms with E-state index in [0.717, 1.165) is 18.1 Å². The van der Waals surface area contributed by atoms with Crippen LogP contribution in [0.15, 0.2) is 18.2 Å². The molecule has 0 radical (unpaired) electrons. The lowest BCUT2D eigenvalue weighted by molar-refractivity contribution is 0.447. The number of benzene rings is 1. The molecule has 0 spiro atoms. The molecule has 1 aliphatic heterocycles. The largest absolute Gasteiger partial charge is 0.347 e. The zero-order chi connectivity index (χ0) is 12.7. The lowest BCUT2D eigenvalue weighted by Crippen LogP contribution is -2.29. The van der Waals surface area contributed by atoms with Gasteiger partial charge in [0.1, 0.15) is 0 Å². The summed E-state index contributed by atoms with van der Waals surface area (Å²) in [6, 6.07) is 6.20. The summed E-state index contributed by atoms with van der Waals surface area (Å²) in [5.74, 6) is 0.634. The van der Waals surface area contributed by atoms with Crippen LogP contribution in [0.3, 0.4) is 0 Å². The summed E-state index contributed by atoms with van der Waals surface area (Å²) in [7, 11) is 2.16. The average Bonchev–Trinajstić information content (AvgIpc) is 2.63. The molecule has 0 amide bonds. The first-order valence-electron chi connectivity index (χ1n) is 6.63. The third kappa shape index (κ3) is 1.84. The van der Waals surface area contributed by atoms with E-state index in [-0.39, 0.29) is 0 Å². The molecule has 18 heavy (non-hydrogen) atoms. The Balaban J connectivity index is 2.16. The summed E-state index contributed by atoms with van der Waals surface area (Å²) >= 11 is 6.11. The van der Waals surface area contributed by atoms with Gasteiger partial charge in [0.15, 0.2) is 0 Å². The molecule has 1 fully saturated rings. The molecule has 2 heterocycles. The van der Waals surface area contributed by atoms with E-state index >= 15 is 0 Å². The Hall–Kier alpha value is -0.990. The van der Waals surface area contributed by atoms with Gasteiger partial charge in [0.05, 0.1) is 0 Å². The number of aryl methyl sites for hydroxylation is 2. The van der Waals surface area contributed by atoms with Crippen molar-refractivity contribution >= 4 is 22.5 Å². The molecule has 0 saturated carbocycles. The normalized spacial score (nSPS) is 20.5. The second-order valence-electron chi connectivity index (χ2n) is 5.27. The van der Waals surface area contributed by atoms with E-state index in [1.165, 1.54) is 35.0 Å². The molecular weight excluding hydrogens is 244 g/mol. The van der Waals surface area contributed by atoms with Crippen LogP contribution in [-0.2, 0) is 7.05 Å². The first-order valence-corrected chi connectivity index (χ1v) is 7.01. The van der Waals surface area contributed by atoms with Crippen molar-refractivity contribution in [2.45, 2.75) is 25.7 Å². The van der Waals surface area contributed by atoms with Gasteiger partial charge in [-0.25, -0.2) is 0 Å². The average molecular weight is 263 g/mol. The summed E-state index contributed by atoms with van der Waals surface area (Å²) in [4.78, 5) is 0. The zero-order valence-electron chi connectivity index (χ0n) is 11.0. The minimum atomic E-state index is 0.634. The predicted octanol–water partition coefficient (Wildman–Crippen LogP) is 3.61. The Labute approximate surface area is 113 Å². The van der Waals surface area contributed by atoms with Crippen molar-refractivity contribution in [2.75, 3.05) is 13.1 Å². The van der Waals surface area contributed by atoms with Crippen LogP contribution < -0.4 is 5.32 Å². The fourth-order valence-electron chi connectivity index (χ4n) is 3.28. The van der Waals surface area contributed by atoms with E-state index in [1.807, 2.05) is 6.07 Å². The molecule has 0 aliphatic carbocycles. The molecular formula is C15H19ClN2. The second-order valence-corrected chi connectivity index (χ2v) is 5.71. The molecule has 3 heteroatoms. The molecule has 1 aliphatic rings. The van der Waals surface area contributed by atoms with Crippen LogP contribution in [0, 0.1) is 6.92 Å². The number of nitrogens with one attached hydrogen (secondary N) is 1. The van der Waals surface area contributed by atoms with Crippen LogP contribution in [0.1, 0.15) is 30.0 Å². The Bertz CT molecular complexity index is 580. The number of aromatic nitrogens is 1. The van der Waals surface area contributed by atoms with Crippen molar-refractivity contribution in [1.29, 1.82) is 0 Å². The molecule has 2 aromatic rings. The Morgan fingerprint density at radius 3 is 2.94 bits per heavy atom. The number of hydrogen-bond donors (Lipinski definition) is 1. The van der Waals surface area contributed by atoms with Gasteiger partial charge in [0, 0.05) is 41.1 Å². The lowest BCUT2D eigenvalue weighted by Gasteiger charge is -2.24. The summed E-state index contributed by atoms with van der Waals surface area (Å²) in [6.07, 6.45) is 2.55. The highest BCUT2D eigenvalue weighted by Gasteiger charge is 2.22. The first kappa shape index (κ1) is 12.1. The van der Waals surface area contributed by atoms with Crippen molar-refractivity contribution in [2.24, 2.45) is 7.05 Å². The van der Waals surface area contributed by atoms with E-state index in [0.29, 0.717) is 5.92 Å². The van der Waals surface area contributed by atoms with Gasteiger partial charge in [-0.3, -0.25) is 0 Å². The van der Waals surface area contributed by atoms with Crippen LogP contribution in [-0.4, -0.2) is 17.7 Å². The Morgan fingerprint density at radius 2 is 2.22 bits per heavy atom. The van der Waals surface area contributed by atoms with E-state index < -0.39 is 0 Å². The van der Waals surface area contributed by atoms with Gasteiger partial charge in [0.2, 0.25) is 0 Å². The zero-order valence-corrected chi connectivity index (χ0v) is 11.7. The first-order chi connectivity index (χ1) is 8.68. The monoisotopic (exact) mass is 262 g/mol. The quantitative estimate of drug-likeness (QED) is 0.831. The van der Waals surface area contributed by atoms with E-state index in [2.05, 4.69) is 36.0 Å². The topological polar surface area (TPSA) is 17.0 Å². The van der Waals surface area contributed by atoms with Crippen molar-refractivity contribution < 1.29 is 0 Å². The third-order valence-electron chi connectivity index (χ3n) is 4.15. The predicted molar refractivity (Wildman–Crippen MR) is 77.5 cm³/mol. The minimum absolute atomic E-state index is 0.634. The van der Waals surface area contributed by atoms with Crippen LogP contribution in [0.25, 0.3) is 10.9 Å². The molecule has 1 N–H and O–H groups in total. The second kappa shape index (κ2) is 4.60. The van der Waals surface area contributed by atoms with E-state index in [1.54, 1.807) is 0 Å². The lowest BCUT2D eigenvalue weighted by atomic mass is 9.93. The summed E-state index contributed by atoms with van der Waals surface area (Å²) in [6.45, 7) is 4.49. The smallest absolute Gasteiger partial charge is 0.0497 e. The van der Waals surface area contributed by atoms with Gasteiger partial charge in [-0.05, 0) is 44.0 Å². The standard InChI is InChI=1S/C15H19ClN2/c1-10-13-6-5-12(16)8-14(13)18(2)15(10)11-4-3-7-17-9-11/h5-6,8,11,17H,3-4,7,9H2,1-2H3. The summed E-state index contributed by atoms with van der Waals surface area (Å²) in [5, 5.41) is 5.66. The molecule has 96 valence electrons. The van der Waals surface area contributed by atoms with Crippen molar-refractivity contribution in [3.8, 4) is 0 Å². The number of rotatable bonds is 1. The maximum absolute atomic E-state index is 6.11. The molecule has 0 bridgehead atoms. The van der Waals surface area contributed by atoms with Gasteiger partial charge in [-0.15, -0.1) is 0 Å². The molecule has 1 aromatic heterocycles. The highest BCUT2D eigenvalue weighted by molar-refractivity contribution is 6.31. The van der Waals surface area contributed by atoms with Crippen LogP contribution in [0.5, 0.6) is 0 Å². The van der Waals surface area contributed by atoms with E-state index in [9.17, 15) is 0 Å². The fourth-order valence-corrected chi connectivity index (χ4v) is 3.45. The molecule has 3 rings (SSSR count). The molecule has 1 atom stereocenters. The number of piperidine rings is 1. The molecule has 1 unspecified atom stereocenters. The molecule has 1 saturated heterocycles. The van der Waals surface area contributed by atoms with Crippen molar-refractivity contribution in [1.82, 2.24) is 9.88 Å². The maximum atomic E-state index is 6.11.